The lowest BCUT2D eigenvalue weighted by Crippen LogP contribution is -2.40. The Kier molecular flexibility index (Phi) is 4.96. The highest BCUT2D eigenvalue weighted by molar-refractivity contribution is 5.89. The van der Waals surface area contributed by atoms with E-state index in [1.54, 1.807) is 0 Å². The first kappa shape index (κ1) is 17.1. The lowest BCUT2D eigenvalue weighted by atomic mass is 9.95. The normalized spacial score (nSPS) is 21.5. The molecule has 2 aromatic rings. The summed E-state index contributed by atoms with van der Waals surface area (Å²) in [5.41, 5.74) is 2.35. The Morgan fingerprint density at radius 2 is 2.00 bits per heavy atom. The summed E-state index contributed by atoms with van der Waals surface area (Å²) in [6.45, 7) is 1.23. The number of amides is 2. The van der Waals surface area contributed by atoms with Crippen LogP contribution < -0.4 is 5.32 Å². The molecule has 2 heterocycles. The highest BCUT2D eigenvalue weighted by Gasteiger charge is 2.34. The number of likely N-dealkylation sites (tertiary alicyclic amines) is 1. The number of nitrogens with one attached hydrogen (secondary N) is 2. The first-order valence-corrected chi connectivity index (χ1v) is 9.84. The zero-order valence-electron chi connectivity index (χ0n) is 15.2. The van der Waals surface area contributed by atoms with E-state index in [0.717, 1.165) is 24.8 Å². The fourth-order valence-corrected chi connectivity index (χ4v) is 4.32. The summed E-state index contributed by atoms with van der Waals surface area (Å²) < 4.78 is 0. The highest BCUT2D eigenvalue weighted by Crippen LogP contribution is 2.23. The summed E-state index contributed by atoms with van der Waals surface area (Å²) in [4.78, 5) is 30.0. The van der Waals surface area contributed by atoms with E-state index in [9.17, 15) is 9.59 Å². The van der Waals surface area contributed by atoms with Crippen molar-refractivity contribution >= 4 is 22.7 Å². The Hall–Kier alpha value is -2.30. The summed E-state index contributed by atoms with van der Waals surface area (Å²) in [5, 5.41) is 4.39. The van der Waals surface area contributed by atoms with E-state index in [1.165, 1.54) is 30.2 Å². The topological polar surface area (TPSA) is 65.2 Å². The van der Waals surface area contributed by atoms with Crippen LogP contribution >= 0.6 is 0 Å². The third-order valence-electron chi connectivity index (χ3n) is 5.86. The lowest BCUT2D eigenvalue weighted by molar-refractivity contribution is -0.129. The molecule has 1 unspecified atom stereocenters. The van der Waals surface area contributed by atoms with E-state index in [-0.39, 0.29) is 17.7 Å². The lowest BCUT2D eigenvalue weighted by Gasteiger charge is -2.24. The van der Waals surface area contributed by atoms with Gasteiger partial charge in [-0.15, -0.1) is 0 Å². The Balaban J connectivity index is 1.32. The molecule has 0 bridgehead atoms. The van der Waals surface area contributed by atoms with Gasteiger partial charge >= 0.3 is 0 Å². The number of H-pyrrole nitrogens is 1. The van der Waals surface area contributed by atoms with Gasteiger partial charge in [0.2, 0.25) is 11.8 Å². The molecule has 5 nitrogen and oxygen atoms in total. The minimum absolute atomic E-state index is 0.0693. The second-order valence-electron chi connectivity index (χ2n) is 7.69. The second kappa shape index (κ2) is 7.52. The molecule has 1 aromatic heterocycles. The monoisotopic (exact) mass is 353 g/mol. The molecule has 0 spiro atoms. The Morgan fingerprint density at radius 3 is 2.85 bits per heavy atom. The third-order valence-corrected chi connectivity index (χ3v) is 5.86. The summed E-state index contributed by atoms with van der Waals surface area (Å²) in [6.07, 6.45) is 9.03. The first-order valence-electron chi connectivity index (χ1n) is 9.84. The van der Waals surface area contributed by atoms with Crippen molar-refractivity contribution in [1.82, 2.24) is 15.2 Å². The van der Waals surface area contributed by atoms with Crippen LogP contribution in [0, 0.1) is 5.92 Å². The average molecular weight is 353 g/mol. The molecular weight excluding hydrogens is 326 g/mol. The van der Waals surface area contributed by atoms with Crippen LogP contribution in [0.5, 0.6) is 0 Å². The maximum Gasteiger partial charge on any atom is 0.225 e. The molecule has 2 amide bonds. The van der Waals surface area contributed by atoms with E-state index in [0.29, 0.717) is 25.6 Å². The van der Waals surface area contributed by atoms with Crippen LogP contribution in [0.3, 0.4) is 0 Å². The van der Waals surface area contributed by atoms with Crippen molar-refractivity contribution in [3.05, 3.63) is 36.0 Å². The number of benzene rings is 1. The number of rotatable bonds is 5. The van der Waals surface area contributed by atoms with Crippen LogP contribution in [0.2, 0.25) is 0 Å². The van der Waals surface area contributed by atoms with Crippen molar-refractivity contribution in [2.45, 2.75) is 51.0 Å². The third kappa shape index (κ3) is 3.62. The van der Waals surface area contributed by atoms with Crippen LogP contribution in [0.4, 0.5) is 0 Å². The first-order chi connectivity index (χ1) is 12.7. The Bertz CT molecular complexity index is 791. The van der Waals surface area contributed by atoms with Crippen LogP contribution in [0.25, 0.3) is 10.9 Å². The molecule has 1 aliphatic heterocycles. The van der Waals surface area contributed by atoms with Gasteiger partial charge in [-0.1, -0.05) is 37.5 Å². The predicted molar refractivity (Wildman–Crippen MR) is 102 cm³/mol. The number of para-hydroxylation sites is 1. The number of hydrogen-bond acceptors (Lipinski definition) is 2. The van der Waals surface area contributed by atoms with Gasteiger partial charge in [0.15, 0.2) is 0 Å². The molecule has 2 N–H and O–H groups in total. The van der Waals surface area contributed by atoms with Crippen molar-refractivity contribution in [1.29, 1.82) is 0 Å². The van der Waals surface area contributed by atoms with Crippen molar-refractivity contribution in [3.8, 4) is 0 Å². The number of aromatic nitrogens is 1. The van der Waals surface area contributed by atoms with Gasteiger partial charge < -0.3 is 15.2 Å². The number of fused-ring (bicyclic) bond motifs is 1. The molecule has 0 radical (unpaired) electrons. The smallest absolute Gasteiger partial charge is 0.225 e. The van der Waals surface area contributed by atoms with Crippen LogP contribution in [-0.4, -0.2) is 40.8 Å². The van der Waals surface area contributed by atoms with E-state index in [1.807, 2.05) is 23.2 Å². The largest absolute Gasteiger partial charge is 0.361 e. The van der Waals surface area contributed by atoms with Crippen molar-refractivity contribution < 1.29 is 9.59 Å². The summed E-state index contributed by atoms with van der Waals surface area (Å²) in [5.74, 6) is -0.0131. The summed E-state index contributed by atoms with van der Waals surface area (Å²) >= 11 is 0. The molecular formula is C21H27N3O2. The number of aromatic amines is 1. The van der Waals surface area contributed by atoms with E-state index >= 15 is 0 Å². The number of nitrogens with zero attached hydrogens (tertiary/aromatic N) is 1. The summed E-state index contributed by atoms with van der Waals surface area (Å²) in [7, 11) is 0. The van der Waals surface area contributed by atoms with Crippen molar-refractivity contribution in [3.63, 3.8) is 0 Å². The van der Waals surface area contributed by atoms with E-state index < -0.39 is 0 Å². The van der Waals surface area contributed by atoms with Gasteiger partial charge in [0.1, 0.15) is 0 Å². The number of hydrogen-bond donors (Lipinski definition) is 2. The van der Waals surface area contributed by atoms with Gasteiger partial charge in [-0.2, -0.15) is 0 Å². The minimum atomic E-state index is -0.188. The molecule has 4 rings (SSSR count). The van der Waals surface area contributed by atoms with Gasteiger partial charge in [-0.25, -0.2) is 0 Å². The molecule has 5 heteroatoms. The highest BCUT2D eigenvalue weighted by atomic mass is 16.2. The number of carbonyl (C=O) groups excluding carboxylic acids is 2. The molecule has 1 saturated heterocycles. The predicted octanol–water partition coefficient (Wildman–Crippen LogP) is 3.01. The average Bonchev–Trinajstić information content (AvgIpc) is 3.24. The van der Waals surface area contributed by atoms with Crippen molar-refractivity contribution in [2.24, 2.45) is 5.92 Å². The number of carbonyl (C=O) groups is 2. The second-order valence-corrected chi connectivity index (χ2v) is 7.69. The molecule has 2 aliphatic rings. The fourth-order valence-electron chi connectivity index (χ4n) is 4.32. The van der Waals surface area contributed by atoms with Gasteiger partial charge in [-0.05, 0) is 30.9 Å². The quantitative estimate of drug-likeness (QED) is 0.868. The SMILES string of the molecule is O=C(NC1CCCCC1)C1CC(=O)N(CCc2c[nH]c3ccccc23)C1. The van der Waals surface area contributed by atoms with Gasteiger partial charge in [-0.3, -0.25) is 9.59 Å². The molecule has 1 aliphatic carbocycles. The standard InChI is InChI=1S/C21H27N3O2/c25-20-12-16(21(26)23-17-6-2-1-3-7-17)14-24(20)11-10-15-13-22-19-9-5-4-8-18(15)19/h4-5,8-9,13,16-17,22H,1-3,6-7,10-12,14H2,(H,23,26). The molecule has 1 atom stereocenters. The van der Waals surface area contributed by atoms with E-state index in [2.05, 4.69) is 22.4 Å². The van der Waals surface area contributed by atoms with Crippen LogP contribution in [-0.2, 0) is 16.0 Å². The molecule has 138 valence electrons. The van der Waals surface area contributed by atoms with Crippen LogP contribution in [0.15, 0.2) is 30.5 Å². The fraction of sp³-hybridized carbons (Fsp3) is 0.524. The summed E-state index contributed by atoms with van der Waals surface area (Å²) in [6, 6.07) is 8.53. The van der Waals surface area contributed by atoms with Gasteiger partial charge in [0.25, 0.3) is 0 Å². The molecule has 1 saturated carbocycles. The molecule has 1 aromatic carbocycles. The van der Waals surface area contributed by atoms with Gasteiger partial charge in [0.05, 0.1) is 5.92 Å². The Morgan fingerprint density at radius 1 is 1.19 bits per heavy atom. The zero-order chi connectivity index (χ0) is 17.9. The van der Waals surface area contributed by atoms with E-state index in [4.69, 9.17) is 0 Å². The maximum atomic E-state index is 12.5. The zero-order valence-corrected chi connectivity index (χ0v) is 15.2. The van der Waals surface area contributed by atoms with Gasteiger partial charge in [0, 0.05) is 42.7 Å². The maximum absolute atomic E-state index is 12.5. The van der Waals surface area contributed by atoms with Crippen molar-refractivity contribution in [2.75, 3.05) is 13.1 Å². The molecule has 26 heavy (non-hydrogen) atoms. The Labute approximate surface area is 154 Å². The minimum Gasteiger partial charge on any atom is -0.361 e. The molecule has 2 fully saturated rings. The van der Waals surface area contributed by atoms with Crippen LogP contribution in [0.1, 0.15) is 44.1 Å².